The molecule has 0 aliphatic carbocycles. The molecule has 2 nitrogen and oxygen atoms in total. The molecule has 0 amide bonds. The highest BCUT2D eigenvalue weighted by atomic mass is 79.9. The SMILES string of the molecule is Cc1ccnc(C(=O)Cc2cc(Br)cs2)c1. The van der Waals surface area contributed by atoms with E-state index in [4.69, 9.17) is 0 Å². The minimum absolute atomic E-state index is 0.0676. The summed E-state index contributed by atoms with van der Waals surface area (Å²) < 4.78 is 1.03. The van der Waals surface area contributed by atoms with Gasteiger partial charge in [0.2, 0.25) is 0 Å². The molecule has 0 atom stereocenters. The van der Waals surface area contributed by atoms with Crippen LogP contribution in [0.1, 0.15) is 20.9 Å². The first-order valence-corrected chi connectivity index (χ1v) is 6.51. The molecule has 0 aliphatic rings. The van der Waals surface area contributed by atoms with Crippen LogP contribution in [0.5, 0.6) is 0 Å². The maximum absolute atomic E-state index is 11.9. The smallest absolute Gasteiger partial charge is 0.186 e. The lowest BCUT2D eigenvalue weighted by Gasteiger charge is -1.99. The fraction of sp³-hybridized carbons (Fsp3) is 0.167. The zero-order valence-electron chi connectivity index (χ0n) is 8.74. The van der Waals surface area contributed by atoms with Crippen LogP contribution in [0, 0.1) is 6.92 Å². The van der Waals surface area contributed by atoms with Crippen molar-refractivity contribution in [2.24, 2.45) is 0 Å². The largest absolute Gasteiger partial charge is 0.292 e. The Morgan fingerprint density at radius 2 is 2.31 bits per heavy atom. The van der Waals surface area contributed by atoms with E-state index in [2.05, 4.69) is 20.9 Å². The van der Waals surface area contributed by atoms with Gasteiger partial charge in [-0.3, -0.25) is 9.78 Å². The predicted molar refractivity (Wildman–Crippen MR) is 69.0 cm³/mol. The first-order chi connectivity index (χ1) is 7.65. The molecule has 0 saturated carbocycles. The van der Waals surface area contributed by atoms with Crippen LogP contribution in [-0.4, -0.2) is 10.8 Å². The third-order valence-electron chi connectivity index (χ3n) is 2.16. The van der Waals surface area contributed by atoms with Gasteiger partial charge < -0.3 is 0 Å². The topological polar surface area (TPSA) is 30.0 Å². The monoisotopic (exact) mass is 295 g/mol. The third kappa shape index (κ3) is 2.77. The molecule has 82 valence electrons. The molecule has 0 spiro atoms. The number of rotatable bonds is 3. The molecule has 2 heterocycles. The molecule has 0 N–H and O–H groups in total. The first kappa shape index (κ1) is 11.5. The summed E-state index contributed by atoms with van der Waals surface area (Å²) in [7, 11) is 0. The van der Waals surface area contributed by atoms with Gasteiger partial charge in [0, 0.05) is 27.3 Å². The number of halogens is 1. The van der Waals surface area contributed by atoms with Crippen LogP contribution in [0.15, 0.2) is 34.2 Å². The Labute approximate surface area is 106 Å². The molecular weight excluding hydrogens is 286 g/mol. The van der Waals surface area contributed by atoms with Crippen molar-refractivity contribution < 1.29 is 4.79 Å². The first-order valence-electron chi connectivity index (χ1n) is 4.84. The molecule has 2 aromatic heterocycles. The number of hydrogen-bond acceptors (Lipinski definition) is 3. The van der Waals surface area contributed by atoms with Crippen LogP contribution in [0.3, 0.4) is 0 Å². The predicted octanol–water partition coefficient (Wildman–Crippen LogP) is 3.64. The van der Waals surface area contributed by atoms with Crippen molar-refractivity contribution in [3.63, 3.8) is 0 Å². The Morgan fingerprint density at radius 3 is 2.94 bits per heavy atom. The van der Waals surface area contributed by atoms with Gasteiger partial charge in [0.25, 0.3) is 0 Å². The Morgan fingerprint density at radius 1 is 1.50 bits per heavy atom. The molecule has 2 aromatic rings. The van der Waals surface area contributed by atoms with Crippen molar-refractivity contribution in [2.75, 3.05) is 0 Å². The summed E-state index contributed by atoms with van der Waals surface area (Å²) in [4.78, 5) is 17.0. The lowest BCUT2D eigenvalue weighted by molar-refractivity contribution is 0.0989. The maximum atomic E-state index is 11.9. The van der Waals surface area contributed by atoms with Crippen LogP contribution < -0.4 is 0 Å². The van der Waals surface area contributed by atoms with E-state index in [9.17, 15) is 4.79 Å². The highest BCUT2D eigenvalue weighted by Crippen LogP contribution is 2.21. The third-order valence-corrected chi connectivity index (χ3v) is 3.86. The molecule has 0 bridgehead atoms. The highest BCUT2D eigenvalue weighted by molar-refractivity contribution is 9.10. The number of carbonyl (C=O) groups excluding carboxylic acids is 1. The fourth-order valence-electron chi connectivity index (χ4n) is 1.38. The second kappa shape index (κ2) is 4.89. The van der Waals surface area contributed by atoms with E-state index in [1.54, 1.807) is 17.5 Å². The minimum Gasteiger partial charge on any atom is -0.292 e. The lowest BCUT2D eigenvalue weighted by Crippen LogP contribution is -2.04. The molecule has 0 saturated heterocycles. The average molecular weight is 296 g/mol. The summed E-state index contributed by atoms with van der Waals surface area (Å²) in [5, 5.41) is 1.98. The summed E-state index contributed by atoms with van der Waals surface area (Å²) in [5.41, 5.74) is 1.61. The van der Waals surface area contributed by atoms with E-state index in [1.165, 1.54) is 0 Å². The van der Waals surface area contributed by atoms with Gasteiger partial charge in [-0.25, -0.2) is 0 Å². The van der Waals surface area contributed by atoms with Gasteiger partial charge in [-0.05, 0) is 46.6 Å². The van der Waals surface area contributed by atoms with Gasteiger partial charge in [-0.2, -0.15) is 0 Å². The molecule has 0 radical (unpaired) electrons. The van der Waals surface area contributed by atoms with Crippen molar-refractivity contribution in [1.29, 1.82) is 0 Å². The molecule has 0 unspecified atom stereocenters. The number of pyridine rings is 1. The van der Waals surface area contributed by atoms with Crippen molar-refractivity contribution >= 4 is 33.0 Å². The van der Waals surface area contributed by atoms with E-state index < -0.39 is 0 Å². The number of carbonyl (C=O) groups is 1. The van der Waals surface area contributed by atoms with Crippen LogP contribution in [-0.2, 0) is 6.42 Å². The van der Waals surface area contributed by atoms with Gasteiger partial charge in [-0.1, -0.05) is 0 Å². The standard InChI is InChI=1S/C12H10BrNOS/c1-8-2-3-14-11(4-8)12(15)6-10-5-9(13)7-16-10/h2-5,7H,6H2,1H3. The van der Waals surface area contributed by atoms with Gasteiger partial charge in [0.15, 0.2) is 5.78 Å². The number of Topliss-reactive ketones (excluding diaryl/α,β-unsaturated/α-hetero) is 1. The van der Waals surface area contributed by atoms with Crippen molar-refractivity contribution in [3.8, 4) is 0 Å². The average Bonchev–Trinajstić information content (AvgIpc) is 2.64. The van der Waals surface area contributed by atoms with Crippen LogP contribution in [0.25, 0.3) is 0 Å². The van der Waals surface area contributed by atoms with Gasteiger partial charge in [-0.15, -0.1) is 11.3 Å². The van der Waals surface area contributed by atoms with Crippen molar-refractivity contribution in [3.05, 3.63) is 50.4 Å². The molecule has 0 fully saturated rings. The Hall–Kier alpha value is -1.000. The van der Waals surface area contributed by atoms with E-state index in [1.807, 2.05) is 30.5 Å². The number of ketones is 1. The van der Waals surface area contributed by atoms with Gasteiger partial charge >= 0.3 is 0 Å². The Bertz CT molecular complexity index is 521. The van der Waals surface area contributed by atoms with Gasteiger partial charge in [0.05, 0.1) is 0 Å². The molecule has 2 rings (SSSR count). The molecule has 4 heteroatoms. The number of aryl methyl sites for hydroxylation is 1. The van der Waals surface area contributed by atoms with Crippen molar-refractivity contribution in [2.45, 2.75) is 13.3 Å². The lowest BCUT2D eigenvalue weighted by atomic mass is 10.1. The van der Waals surface area contributed by atoms with Crippen molar-refractivity contribution in [1.82, 2.24) is 4.98 Å². The number of nitrogens with zero attached hydrogens (tertiary/aromatic N) is 1. The normalized spacial score (nSPS) is 10.4. The molecular formula is C12H10BrNOS. The molecule has 0 aliphatic heterocycles. The number of thiophene rings is 1. The van der Waals surface area contributed by atoms with E-state index in [0.717, 1.165) is 14.9 Å². The van der Waals surface area contributed by atoms with E-state index >= 15 is 0 Å². The zero-order valence-corrected chi connectivity index (χ0v) is 11.1. The fourth-order valence-corrected chi connectivity index (χ4v) is 2.83. The Kier molecular flexibility index (Phi) is 3.51. The summed E-state index contributed by atoms with van der Waals surface area (Å²) in [5.74, 6) is 0.0676. The second-order valence-corrected chi connectivity index (χ2v) is 5.46. The summed E-state index contributed by atoms with van der Waals surface area (Å²) in [6.07, 6.45) is 2.10. The molecule has 0 aromatic carbocycles. The van der Waals surface area contributed by atoms with E-state index in [-0.39, 0.29) is 5.78 Å². The summed E-state index contributed by atoms with van der Waals surface area (Å²) >= 11 is 4.95. The number of aromatic nitrogens is 1. The second-order valence-electron chi connectivity index (χ2n) is 3.55. The van der Waals surface area contributed by atoms with E-state index in [0.29, 0.717) is 12.1 Å². The maximum Gasteiger partial charge on any atom is 0.186 e. The van der Waals surface area contributed by atoms with Crippen LogP contribution in [0.2, 0.25) is 0 Å². The molecule has 16 heavy (non-hydrogen) atoms. The number of hydrogen-bond donors (Lipinski definition) is 0. The Balaban J connectivity index is 2.14. The summed E-state index contributed by atoms with van der Waals surface area (Å²) in [6.45, 7) is 1.96. The quantitative estimate of drug-likeness (QED) is 0.809. The zero-order chi connectivity index (χ0) is 11.5. The minimum atomic E-state index is 0.0676. The van der Waals surface area contributed by atoms with Gasteiger partial charge in [0.1, 0.15) is 5.69 Å². The van der Waals surface area contributed by atoms with Crippen LogP contribution >= 0.6 is 27.3 Å². The summed E-state index contributed by atoms with van der Waals surface area (Å²) in [6, 6.07) is 5.68. The highest BCUT2D eigenvalue weighted by Gasteiger charge is 2.09. The van der Waals surface area contributed by atoms with Crippen LogP contribution in [0.4, 0.5) is 0 Å².